The number of nitrogens with one attached hydrogen (secondary N) is 1. The molecule has 4 nitrogen and oxygen atoms in total. The van der Waals surface area contributed by atoms with E-state index < -0.39 is 5.41 Å². The number of carbonyl (C=O) groups excluding carboxylic acids is 1. The Kier molecular flexibility index (Phi) is 3.63. The number of amides is 1. The van der Waals surface area contributed by atoms with E-state index in [1.54, 1.807) is 7.11 Å². The van der Waals surface area contributed by atoms with Gasteiger partial charge in [-0.1, -0.05) is 6.92 Å². The van der Waals surface area contributed by atoms with Crippen LogP contribution in [0.1, 0.15) is 39.0 Å². The summed E-state index contributed by atoms with van der Waals surface area (Å²) in [6.45, 7) is 3.53. The van der Waals surface area contributed by atoms with Crippen molar-refractivity contribution in [3.63, 3.8) is 0 Å². The maximum Gasteiger partial charge on any atom is 0.240 e. The van der Waals surface area contributed by atoms with Crippen LogP contribution in [0.25, 0.3) is 0 Å². The molecule has 0 unspecified atom stereocenters. The molecule has 18 heavy (non-hydrogen) atoms. The van der Waals surface area contributed by atoms with Gasteiger partial charge in [0, 0.05) is 20.3 Å². The first-order valence-corrected chi connectivity index (χ1v) is 6.74. The van der Waals surface area contributed by atoms with E-state index in [-0.39, 0.29) is 11.3 Å². The Morgan fingerprint density at radius 3 is 2.61 bits per heavy atom. The Hall–Kier alpha value is -1.08. The first-order valence-electron chi connectivity index (χ1n) is 6.74. The third-order valence-corrected chi connectivity index (χ3v) is 4.46. The number of nitriles is 1. The topological polar surface area (TPSA) is 62.1 Å². The van der Waals surface area contributed by atoms with E-state index in [1.165, 1.54) is 0 Å². The van der Waals surface area contributed by atoms with Crippen molar-refractivity contribution in [3.8, 4) is 6.07 Å². The lowest BCUT2D eigenvalue weighted by atomic mass is 9.63. The molecule has 4 heteroatoms. The van der Waals surface area contributed by atoms with Gasteiger partial charge < -0.3 is 10.1 Å². The van der Waals surface area contributed by atoms with Crippen LogP contribution in [0, 0.1) is 28.1 Å². The molecular weight excluding hydrogens is 228 g/mol. The Morgan fingerprint density at radius 2 is 2.17 bits per heavy atom. The van der Waals surface area contributed by atoms with Crippen molar-refractivity contribution >= 4 is 5.91 Å². The summed E-state index contributed by atoms with van der Waals surface area (Å²) in [5.41, 5.74) is -0.492. The van der Waals surface area contributed by atoms with Gasteiger partial charge in [-0.2, -0.15) is 5.26 Å². The van der Waals surface area contributed by atoms with Gasteiger partial charge in [-0.15, -0.1) is 0 Å². The highest BCUT2D eigenvalue weighted by atomic mass is 16.5. The molecule has 0 aromatic rings. The Labute approximate surface area is 109 Å². The lowest BCUT2D eigenvalue weighted by Gasteiger charge is -2.39. The van der Waals surface area contributed by atoms with Crippen molar-refractivity contribution in [2.24, 2.45) is 16.7 Å². The molecular formula is C14H22N2O2. The predicted molar refractivity (Wildman–Crippen MR) is 67.6 cm³/mol. The van der Waals surface area contributed by atoms with Crippen molar-refractivity contribution in [1.29, 1.82) is 5.26 Å². The van der Waals surface area contributed by atoms with E-state index in [2.05, 4.69) is 18.3 Å². The minimum atomic E-state index is -0.739. The van der Waals surface area contributed by atoms with Gasteiger partial charge in [0.05, 0.1) is 6.07 Å². The van der Waals surface area contributed by atoms with Gasteiger partial charge in [0.15, 0.2) is 0 Å². The summed E-state index contributed by atoms with van der Waals surface area (Å²) in [5.74, 6) is 0.436. The molecule has 0 saturated heterocycles. The second kappa shape index (κ2) is 4.89. The van der Waals surface area contributed by atoms with Crippen LogP contribution in [0.15, 0.2) is 0 Å². The molecule has 2 rings (SSSR count). The lowest BCUT2D eigenvalue weighted by molar-refractivity contribution is -0.134. The lowest BCUT2D eigenvalue weighted by Crippen LogP contribution is -2.49. The minimum Gasteiger partial charge on any atom is -0.385 e. The zero-order chi connectivity index (χ0) is 13.2. The predicted octanol–water partition coefficient (Wildman–Crippen LogP) is 1.86. The summed E-state index contributed by atoms with van der Waals surface area (Å²) >= 11 is 0. The highest BCUT2D eigenvalue weighted by Crippen LogP contribution is 2.49. The molecule has 0 heterocycles. The maximum absolute atomic E-state index is 12.1. The van der Waals surface area contributed by atoms with Crippen LogP contribution in [-0.4, -0.2) is 26.2 Å². The molecule has 0 bridgehead atoms. The molecule has 2 aliphatic carbocycles. The van der Waals surface area contributed by atoms with Gasteiger partial charge in [0.1, 0.15) is 5.41 Å². The van der Waals surface area contributed by atoms with Gasteiger partial charge in [-0.05, 0) is 43.4 Å². The summed E-state index contributed by atoms with van der Waals surface area (Å²) in [4.78, 5) is 12.1. The Bertz CT molecular complexity index is 362. The number of carbonyl (C=O) groups is 1. The van der Waals surface area contributed by atoms with Gasteiger partial charge in [-0.3, -0.25) is 4.79 Å². The second-order valence-electron chi connectivity index (χ2n) is 6.13. The van der Waals surface area contributed by atoms with Gasteiger partial charge in [-0.25, -0.2) is 0 Å². The van der Waals surface area contributed by atoms with Crippen LogP contribution in [0.4, 0.5) is 0 Å². The van der Waals surface area contributed by atoms with Crippen LogP contribution in [0.3, 0.4) is 0 Å². The minimum absolute atomic E-state index is 0.0632. The third kappa shape index (κ3) is 2.51. The monoisotopic (exact) mass is 250 g/mol. The molecule has 0 aliphatic heterocycles. The van der Waals surface area contributed by atoms with Crippen LogP contribution in [0.5, 0.6) is 0 Å². The number of hydrogen-bond acceptors (Lipinski definition) is 3. The molecule has 2 aliphatic rings. The summed E-state index contributed by atoms with van der Waals surface area (Å²) in [7, 11) is 1.70. The highest BCUT2D eigenvalue weighted by Gasteiger charge is 2.50. The van der Waals surface area contributed by atoms with E-state index in [9.17, 15) is 10.1 Å². The normalized spacial score (nSPS) is 32.2. The second-order valence-corrected chi connectivity index (χ2v) is 6.13. The summed E-state index contributed by atoms with van der Waals surface area (Å²) in [6.07, 6.45) is 4.74. The molecule has 0 radical (unpaired) electrons. The number of hydrogen-bond donors (Lipinski definition) is 1. The van der Waals surface area contributed by atoms with Crippen LogP contribution < -0.4 is 5.32 Å². The highest BCUT2D eigenvalue weighted by molar-refractivity contribution is 5.86. The standard InChI is InChI=1S/C14H22N2O2/c1-11-7-14(8-11,9-15)12(17)16-10-13(3-4-13)5-6-18-2/h11H,3-8,10H2,1-2H3,(H,16,17). The summed E-state index contributed by atoms with van der Waals surface area (Å²) in [5, 5.41) is 12.2. The molecule has 1 amide bonds. The molecule has 2 saturated carbocycles. The van der Waals surface area contributed by atoms with E-state index in [1.807, 2.05) is 0 Å². The molecule has 1 N–H and O–H groups in total. The van der Waals surface area contributed by atoms with Crippen molar-refractivity contribution < 1.29 is 9.53 Å². The first-order chi connectivity index (χ1) is 8.56. The quantitative estimate of drug-likeness (QED) is 0.782. The number of methoxy groups -OCH3 is 1. The molecule has 0 aromatic heterocycles. The zero-order valence-corrected chi connectivity index (χ0v) is 11.3. The third-order valence-electron chi connectivity index (χ3n) is 4.46. The van der Waals surface area contributed by atoms with Crippen molar-refractivity contribution in [1.82, 2.24) is 5.32 Å². The van der Waals surface area contributed by atoms with Gasteiger partial charge in [0.25, 0.3) is 0 Å². The van der Waals surface area contributed by atoms with Gasteiger partial charge in [0.2, 0.25) is 5.91 Å². The Balaban J connectivity index is 1.80. The van der Waals surface area contributed by atoms with Crippen molar-refractivity contribution in [3.05, 3.63) is 0 Å². The smallest absolute Gasteiger partial charge is 0.240 e. The average molecular weight is 250 g/mol. The van der Waals surface area contributed by atoms with Crippen LogP contribution in [-0.2, 0) is 9.53 Å². The SMILES string of the molecule is COCCC1(CNC(=O)C2(C#N)CC(C)C2)CC1. The summed E-state index contributed by atoms with van der Waals surface area (Å²) < 4.78 is 5.09. The molecule has 0 spiro atoms. The number of rotatable bonds is 6. The fraction of sp³-hybridized carbons (Fsp3) is 0.857. The van der Waals surface area contributed by atoms with E-state index in [4.69, 9.17) is 4.74 Å². The number of nitrogens with zero attached hydrogens (tertiary/aromatic N) is 1. The summed E-state index contributed by atoms with van der Waals surface area (Å²) in [6, 6.07) is 2.21. The molecule has 0 atom stereocenters. The van der Waals surface area contributed by atoms with Crippen LogP contribution >= 0.6 is 0 Å². The number of ether oxygens (including phenoxy) is 1. The average Bonchev–Trinajstić information content (AvgIpc) is 3.10. The first kappa shape index (κ1) is 13.4. The van der Waals surface area contributed by atoms with E-state index in [0.717, 1.165) is 25.9 Å². The van der Waals surface area contributed by atoms with Crippen molar-refractivity contribution in [2.45, 2.75) is 39.0 Å². The molecule has 100 valence electrons. The van der Waals surface area contributed by atoms with Crippen LogP contribution in [0.2, 0.25) is 0 Å². The van der Waals surface area contributed by atoms with E-state index in [0.29, 0.717) is 25.3 Å². The van der Waals surface area contributed by atoms with Gasteiger partial charge >= 0.3 is 0 Å². The largest absolute Gasteiger partial charge is 0.385 e. The fourth-order valence-corrected chi connectivity index (χ4v) is 2.90. The fourth-order valence-electron chi connectivity index (χ4n) is 2.90. The molecule has 2 fully saturated rings. The van der Waals surface area contributed by atoms with E-state index >= 15 is 0 Å². The Morgan fingerprint density at radius 1 is 1.50 bits per heavy atom. The zero-order valence-electron chi connectivity index (χ0n) is 11.3. The van der Waals surface area contributed by atoms with Crippen molar-refractivity contribution in [2.75, 3.05) is 20.3 Å². The molecule has 0 aromatic carbocycles. The maximum atomic E-state index is 12.1.